The smallest absolute Gasteiger partial charge is 0.280 e. The van der Waals surface area contributed by atoms with Gasteiger partial charge in [-0.3, -0.25) is 4.79 Å². The number of nitrogens with zero attached hydrogens (tertiary/aromatic N) is 1. The second-order valence-electron chi connectivity index (χ2n) is 9.35. The molecule has 2 N–H and O–H groups in total. The first-order chi connectivity index (χ1) is 17.1. The molecule has 6 rings (SSSR count). The van der Waals surface area contributed by atoms with Crippen molar-refractivity contribution in [3.05, 3.63) is 74.0 Å². The van der Waals surface area contributed by atoms with E-state index in [1.807, 2.05) is 59.7 Å². The van der Waals surface area contributed by atoms with Gasteiger partial charge in [0.15, 0.2) is 5.88 Å². The lowest BCUT2D eigenvalue weighted by Gasteiger charge is -1.99. The van der Waals surface area contributed by atoms with Gasteiger partial charge in [-0.25, -0.2) is 4.99 Å². The van der Waals surface area contributed by atoms with Crippen LogP contribution in [0.15, 0.2) is 38.1 Å². The number of hydrogen-bond donors (Lipinski definition) is 2. The quantitative estimate of drug-likeness (QED) is 0.254. The SMILES string of the molecule is Cc1cc(C)c(-c2cc(C)c(C3=NC(=O)c4c(-c5sc(-c6oc(C)cc6C)cc5C)[nH]c(O)c43)s2)o1. The molecule has 0 radical (unpaired) electrons. The van der Waals surface area contributed by atoms with E-state index in [-0.39, 0.29) is 11.8 Å². The van der Waals surface area contributed by atoms with Gasteiger partial charge in [0.25, 0.3) is 5.91 Å². The van der Waals surface area contributed by atoms with Crippen molar-refractivity contribution in [2.45, 2.75) is 41.5 Å². The molecule has 0 fully saturated rings. The van der Waals surface area contributed by atoms with Crippen molar-refractivity contribution >= 4 is 34.3 Å². The van der Waals surface area contributed by atoms with Crippen molar-refractivity contribution in [2.75, 3.05) is 0 Å². The van der Waals surface area contributed by atoms with Crippen LogP contribution in [0, 0.1) is 41.5 Å². The Morgan fingerprint density at radius 3 is 1.81 bits per heavy atom. The predicted octanol–water partition coefficient (Wildman–Crippen LogP) is 7.87. The molecule has 0 aliphatic carbocycles. The molecule has 1 aliphatic rings. The maximum atomic E-state index is 13.2. The van der Waals surface area contributed by atoms with E-state index in [4.69, 9.17) is 8.83 Å². The third-order valence-corrected chi connectivity index (χ3v) is 8.95. The Bertz CT molecular complexity index is 1730. The first-order valence-electron chi connectivity index (χ1n) is 11.6. The third kappa shape index (κ3) is 3.36. The summed E-state index contributed by atoms with van der Waals surface area (Å²) in [4.78, 5) is 24.4. The first kappa shape index (κ1) is 22.8. The highest BCUT2D eigenvalue weighted by atomic mass is 32.1. The Morgan fingerprint density at radius 2 is 1.28 bits per heavy atom. The molecule has 6 heterocycles. The van der Waals surface area contributed by atoms with Crippen molar-refractivity contribution in [1.82, 2.24) is 4.98 Å². The minimum atomic E-state index is -0.356. The summed E-state index contributed by atoms with van der Waals surface area (Å²) in [5.41, 5.74) is 6.04. The molecule has 0 spiro atoms. The molecule has 1 aliphatic heterocycles. The van der Waals surface area contributed by atoms with Gasteiger partial charge in [0.1, 0.15) is 23.0 Å². The van der Waals surface area contributed by atoms with Crippen molar-refractivity contribution in [3.8, 4) is 37.7 Å². The number of rotatable bonds is 4. The van der Waals surface area contributed by atoms with Gasteiger partial charge < -0.3 is 18.9 Å². The van der Waals surface area contributed by atoms with Gasteiger partial charge in [-0.05, 0) is 88.1 Å². The number of aryl methyl sites for hydroxylation is 6. The van der Waals surface area contributed by atoms with Crippen LogP contribution in [0.4, 0.5) is 0 Å². The Morgan fingerprint density at radius 1 is 0.750 bits per heavy atom. The molecule has 182 valence electrons. The highest BCUT2D eigenvalue weighted by molar-refractivity contribution is 7.19. The number of amides is 1. The normalized spacial score (nSPS) is 13.1. The van der Waals surface area contributed by atoms with E-state index in [1.165, 1.54) is 22.7 Å². The third-order valence-electron chi connectivity index (χ3n) is 6.45. The summed E-state index contributed by atoms with van der Waals surface area (Å²) in [6.07, 6.45) is 0. The van der Waals surface area contributed by atoms with Crippen LogP contribution < -0.4 is 0 Å². The molecule has 5 aromatic heterocycles. The predicted molar refractivity (Wildman–Crippen MR) is 144 cm³/mol. The number of nitrogens with one attached hydrogen (secondary N) is 1. The number of thiophene rings is 2. The molecular formula is C28H24N2O4S2. The standard InChI is InChI=1S/C28H24N2O4S2/c1-11-7-15(5)33-23(11)17-9-13(3)25(35-17)21-19-20(28(32)29-21)22(30-27(19)31)26-14(4)10-18(36-26)24-12(2)8-16(6)34-24/h7-10,29,32H,1-6H3. The summed E-state index contributed by atoms with van der Waals surface area (Å²) < 4.78 is 11.8. The van der Waals surface area contributed by atoms with E-state index in [1.54, 1.807) is 0 Å². The molecule has 0 bridgehead atoms. The van der Waals surface area contributed by atoms with Crippen molar-refractivity contribution in [3.63, 3.8) is 0 Å². The van der Waals surface area contributed by atoms with Crippen LogP contribution in [-0.2, 0) is 0 Å². The summed E-state index contributed by atoms with van der Waals surface area (Å²) in [5.74, 6) is 2.94. The van der Waals surface area contributed by atoms with Gasteiger partial charge in [0.2, 0.25) is 0 Å². The molecular weight excluding hydrogens is 492 g/mol. The number of furan rings is 2. The van der Waals surface area contributed by atoms with E-state index >= 15 is 0 Å². The average Bonchev–Trinajstić information content (AvgIpc) is 3.61. The molecule has 5 aromatic rings. The second kappa shape index (κ2) is 7.94. The van der Waals surface area contributed by atoms with Crippen molar-refractivity contribution < 1.29 is 18.7 Å². The first-order valence-corrected chi connectivity index (χ1v) is 13.2. The maximum Gasteiger partial charge on any atom is 0.280 e. The van der Waals surface area contributed by atoms with Crippen LogP contribution in [-0.4, -0.2) is 21.7 Å². The zero-order valence-electron chi connectivity index (χ0n) is 20.7. The number of carbonyl (C=O) groups excluding carboxylic acids is 1. The lowest BCUT2D eigenvalue weighted by Crippen LogP contribution is -1.98. The molecule has 0 saturated heterocycles. The fourth-order valence-electron chi connectivity index (χ4n) is 4.92. The summed E-state index contributed by atoms with van der Waals surface area (Å²) >= 11 is 3.04. The summed E-state index contributed by atoms with van der Waals surface area (Å²) in [6, 6.07) is 8.12. The fourth-order valence-corrected chi connectivity index (χ4v) is 7.36. The minimum Gasteiger partial charge on any atom is -0.494 e. The average molecular weight is 517 g/mol. The van der Waals surface area contributed by atoms with E-state index < -0.39 is 0 Å². The van der Waals surface area contributed by atoms with Crippen LogP contribution >= 0.6 is 22.7 Å². The zero-order chi connectivity index (χ0) is 25.5. The maximum absolute atomic E-state index is 13.2. The molecule has 36 heavy (non-hydrogen) atoms. The van der Waals surface area contributed by atoms with Crippen molar-refractivity contribution in [1.29, 1.82) is 0 Å². The monoisotopic (exact) mass is 516 g/mol. The molecule has 0 atom stereocenters. The van der Waals surface area contributed by atoms with Gasteiger partial charge in [-0.2, -0.15) is 0 Å². The van der Waals surface area contributed by atoms with E-state index in [9.17, 15) is 9.90 Å². The Labute approximate surface area is 216 Å². The molecule has 8 heteroatoms. The van der Waals surface area contributed by atoms with Crippen molar-refractivity contribution in [2.24, 2.45) is 4.99 Å². The number of aromatic nitrogens is 1. The number of aromatic hydroxyl groups is 1. The number of hydrogen-bond acceptors (Lipinski definition) is 6. The highest BCUT2D eigenvalue weighted by Gasteiger charge is 2.36. The molecule has 6 nitrogen and oxygen atoms in total. The number of aromatic amines is 1. The molecule has 1 amide bonds. The van der Waals surface area contributed by atoms with Crippen LogP contribution in [0.3, 0.4) is 0 Å². The summed E-state index contributed by atoms with van der Waals surface area (Å²) in [5, 5.41) is 11.0. The second-order valence-corrected chi connectivity index (χ2v) is 11.5. The number of H-pyrrole nitrogens is 1. The minimum absolute atomic E-state index is 0.0525. The Kier molecular flexibility index (Phi) is 5.04. The number of carbonyl (C=O) groups is 1. The van der Waals surface area contributed by atoms with E-state index in [0.717, 1.165) is 64.8 Å². The Balaban J connectivity index is 1.45. The summed E-state index contributed by atoms with van der Waals surface area (Å²) in [6.45, 7) is 11.9. The van der Waals surface area contributed by atoms with Crippen LogP contribution in [0.2, 0.25) is 0 Å². The number of fused-ring (bicyclic) bond motifs is 1. The van der Waals surface area contributed by atoms with Crippen LogP contribution in [0.25, 0.3) is 31.8 Å². The van der Waals surface area contributed by atoms with Gasteiger partial charge >= 0.3 is 0 Å². The highest BCUT2D eigenvalue weighted by Crippen LogP contribution is 2.46. The van der Waals surface area contributed by atoms with Gasteiger partial charge in [-0.1, -0.05) is 0 Å². The lowest BCUT2D eigenvalue weighted by molar-refractivity contribution is 0.101. The van der Waals surface area contributed by atoms with Gasteiger partial charge in [0, 0.05) is 0 Å². The van der Waals surface area contributed by atoms with Gasteiger partial charge in [-0.15, -0.1) is 22.7 Å². The lowest BCUT2D eigenvalue weighted by atomic mass is 10.0. The molecule has 0 unspecified atom stereocenters. The number of aliphatic imine (C=N–C) groups is 1. The zero-order valence-corrected chi connectivity index (χ0v) is 22.4. The Hall–Kier alpha value is -3.62. The van der Waals surface area contributed by atoms with Crippen LogP contribution in [0.5, 0.6) is 5.88 Å². The summed E-state index contributed by atoms with van der Waals surface area (Å²) in [7, 11) is 0. The van der Waals surface area contributed by atoms with E-state index in [2.05, 4.69) is 16.0 Å². The fraction of sp³-hybridized carbons (Fsp3) is 0.214. The van der Waals surface area contributed by atoms with Crippen LogP contribution in [0.1, 0.15) is 54.6 Å². The largest absolute Gasteiger partial charge is 0.494 e. The van der Waals surface area contributed by atoms with Gasteiger partial charge in [0.05, 0.1) is 42.0 Å². The molecule has 0 saturated carbocycles. The molecule has 0 aromatic carbocycles. The van der Waals surface area contributed by atoms with E-state index in [0.29, 0.717) is 22.5 Å². The topological polar surface area (TPSA) is 91.7 Å².